The van der Waals surface area contributed by atoms with Gasteiger partial charge in [-0.2, -0.15) is 13.2 Å². The molecule has 0 aliphatic carbocycles. The predicted octanol–water partition coefficient (Wildman–Crippen LogP) is 3.30. The van der Waals surface area contributed by atoms with Gasteiger partial charge < -0.3 is 0 Å². The molecule has 0 heterocycles. The summed E-state index contributed by atoms with van der Waals surface area (Å²) in [6, 6.07) is 3.69. The lowest BCUT2D eigenvalue weighted by atomic mass is 10.1. The number of hydrogen-bond donors (Lipinski definition) is 1. The first-order valence-corrected chi connectivity index (χ1v) is 3.72. The van der Waals surface area contributed by atoms with E-state index in [0.29, 0.717) is 10.5 Å². The first-order chi connectivity index (χ1) is 5.39. The van der Waals surface area contributed by atoms with Gasteiger partial charge in [-0.25, -0.2) is 0 Å². The van der Waals surface area contributed by atoms with E-state index in [9.17, 15) is 13.2 Å². The lowest BCUT2D eigenvalue weighted by Gasteiger charge is -2.07. The number of halogens is 3. The maximum atomic E-state index is 12.1. The van der Waals surface area contributed by atoms with Crippen molar-refractivity contribution >= 4 is 12.6 Å². The smallest absolute Gasteiger partial charge is 0.166 e. The SMILES string of the molecule is Cc1cc(S)cc(C(F)(F)F)c1. The van der Waals surface area contributed by atoms with Crippen LogP contribution in [0.2, 0.25) is 0 Å². The zero-order chi connectivity index (χ0) is 9.35. The molecule has 4 heteroatoms. The van der Waals surface area contributed by atoms with Crippen LogP contribution in [-0.4, -0.2) is 0 Å². The van der Waals surface area contributed by atoms with Crippen LogP contribution in [0.3, 0.4) is 0 Å². The van der Waals surface area contributed by atoms with Crippen LogP contribution in [0.4, 0.5) is 13.2 Å². The van der Waals surface area contributed by atoms with Crippen LogP contribution in [0.5, 0.6) is 0 Å². The Morgan fingerprint density at radius 2 is 1.75 bits per heavy atom. The van der Waals surface area contributed by atoms with Gasteiger partial charge in [0.1, 0.15) is 0 Å². The van der Waals surface area contributed by atoms with Crippen molar-refractivity contribution in [2.24, 2.45) is 0 Å². The molecular weight excluding hydrogens is 185 g/mol. The second-order valence-corrected chi connectivity index (χ2v) is 3.07. The van der Waals surface area contributed by atoms with Crippen molar-refractivity contribution < 1.29 is 13.2 Å². The normalized spacial score (nSPS) is 11.8. The molecule has 66 valence electrons. The lowest BCUT2D eigenvalue weighted by Crippen LogP contribution is -2.04. The molecule has 0 fully saturated rings. The molecular formula is C8H7F3S. The fourth-order valence-corrected chi connectivity index (χ4v) is 1.27. The maximum absolute atomic E-state index is 12.1. The Bertz CT molecular complexity index is 271. The molecule has 0 aliphatic heterocycles. The summed E-state index contributed by atoms with van der Waals surface area (Å²) >= 11 is 3.86. The van der Waals surface area contributed by atoms with Crippen LogP contribution in [0, 0.1) is 6.92 Å². The van der Waals surface area contributed by atoms with Gasteiger partial charge in [-0.1, -0.05) is 0 Å². The topological polar surface area (TPSA) is 0 Å². The van der Waals surface area contributed by atoms with Gasteiger partial charge in [0.05, 0.1) is 5.56 Å². The third kappa shape index (κ3) is 2.17. The Labute approximate surface area is 73.8 Å². The van der Waals surface area contributed by atoms with E-state index in [1.807, 2.05) is 0 Å². The highest BCUT2D eigenvalue weighted by Crippen LogP contribution is 2.31. The summed E-state index contributed by atoms with van der Waals surface area (Å²) in [5.74, 6) is 0. The fraction of sp³-hybridized carbons (Fsp3) is 0.250. The minimum absolute atomic E-state index is 0.335. The average molecular weight is 192 g/mol. The van der Waals surface area contributed by atoms with Crippen molar-refractivity contribution in [2.45, 2.75) is 18.0 Å². The monoisotopic (exact) mass is 192 g/mol. The highest BCUT2D eigenvalue weighted by molar-refractivity contribution is 7.80. The van der Waals surface area contributed by atoms with Crippen LogP contribution < -0.4 is 0 Å². The number of alkyl halides is 3. The predicted molar refractivity (Wildman–Crippen MR) is 43.4 cm³/mol. The summed E-state index contributed by atoms with van der Waals surface area (Å²) in [6.45, 7) is 1.61. The Balaban J connectivity index is 3.18. The zero-order valence-corrected chi connectivity index (χ0v) is 7.21. The second kappa shape index (κ2) is 3.01. The molecule has 12 heavy (non-hydrogen) atoms. The number of benzene rings is 1. The summed E-state index contributed by atoms with van der Waals surface area (Å²) in [4.78, 5) is 0.335. The molecule has 0 amide bonds. The maximum Gasteiger partial charge on any atom is 0.416 e. The number of aryl methyl sites for hydroxylation is 1. The largest absolute Gasteiger partial charge is 0.416 e. The molecule has 0 aliphatic rings. The van der Waals surface area contributed by atoms with E-state index in [4.69, 9.17) is 0 Å². The third-order valence-electron chi connectivity index (χ3n) is 1.39. The van der Waals surface area contributed by atoms with Gasteiger partial charge in [0.25, 0.3) is 0 Å². The van der Waals surface area contributed by atoms with E-state index in [2.05, 4.69) is 12.6 Å². The Kier molecular flexibility index (Phi) is 2.37. The molecule has 0 spiro atoms. The minimum Gasteiger partial charge on any atom is -0.166 e. The van der Waals surface area contributed by atoms with Crippen LogP contribution in [-0.2, 0) is 6.18 Å². The molecule has 0 radical (unpaired) electrons. The van der Waals surface area contributed by atoms with E-state index in [1.165, 1.54) is 0 Å². The Morgan fingerprint density at radius 1 is 1.17 bits per heavy atom. The summed E-state index contributed by atoms with van der Waals surface area (Å²) in [5.41, 5.74) is -0.0812. The summed E-state index contributed by atoms with van der Waals surface area (Å²) in [7, 11) is 0. The van der Waals surface area contributed by atoms with Crippen LogP contribution in [0.15, 0.2) is 23.1 Å². The second-order valence-electron chi connectivity index (χ2n) is 2.55. The van der Waals surface area contributed by atoms with Gasteiger partial charge in [0.2, 0.25) is 0 Å². The van der Waals surface area contributed by atoms with E-state index < -0.39 is 11.7 Å². The van der Waals surface area contributed by atoms with Crippen molar-refractivity contribution in [3.63, 3.8) is 0 Å². The molecule has 0 saturated heterocycles. The van der Waals surface area contributed by atoms with Crippen molar-refractivity contribution in [3.8, 4) is 0 Å². The molecule has 1 rings (SSSR count). The first kappa shape index (κ1) is 9.45. The number of thiol groups is 1. The van der Waals surface area contributed by atoms with Gasteiger partial charge >= 0.3 is 6.18 Å². The summed E-state index contributed by atoms with van der Waals surface area (Å²) < 4.78 is 36.3. The minimum atomic E-state index is -4.27. The van der Waals surface area contributed by atoms with Gasteiger partial charge in [-0.15, -0.1) is 12.6 Å². The van der Waals surface area contributed by atoms with Gasteiger partial charge in [-0.3, -0.25) is 0 Å². The van der Waals surface area contributed by atoms with Crippen LogP contribution in [0.25, 0.3) is 0 Å². The molecule has 0 unspecified atom stereocenters. The van der Waals surface area contributed by atoms with Crippen molar-refractivity contribution in [1.29, 1.82) is 0 Å². The van der Waals surface area contributed by atoms with Gasteiger partial charge in [0, 0.05) is 4.90 Å². The highest BCUT2D eigenvalue weighted by Gasteiger charge is 2.30. The molecule has 1 aromatic carbocycles. The van der Waals surface area contributed by atoms with E-state index in [-0.39, 0.29) is 0 Å². The molecule has 0 nitrogen and oxygen atoms in total. The van der Waals surface area contributed by atoms with E-state index in [0.717, 1.165) is 12.1 Å². The number of rotatable bonds is 0. The van der Waals surface area contributed by atoms with Crippen LogP contribution in [0.1, 0.15) is 11.1 Å². The van der Waals surface area contributed by atoms with Crippen molar-refractivity contribution in [3.05, 3.63) is 29.3 Å². The Morgan fingerprint density at radius 3 is 2.17 bits per heavy atom. The van der Waals surface area contributed by atoms with E-state index in [1.54, 1.807) is 13.0 Å². The summed E-state index contributed by atoms with van der Waals surface area (Å²) in [5, 5.41) is 0. The van der Waals surface area contributed by atoms with Crippen molar-refractivity contribution in [1.82, 2.24) is 0 Å². The lowest BCUT2D eigenvalue weighted by molar-refractivity contribution is -0.137. The fourth-order valence-electron chi connectivity index (χ4n) is 0.927. The zero-order valence-electron chi connectivity index (χ0n) is 6.31. The quantitative estimate of drug-likeness (QED) is 0.599. The average Bonchev–Trinajstić information content (AvgIpc) is 1.82. The number of hydrogen-bond acceptors (Lipinski definition) is 1. The molecule has 0 bridgehead atoms. The molecule has 0 saturated carbocycles. The van der Waals surface area contributed by atoms with Gasteiger partial charge in [-0.05, 0) is 30.7 Å². The molecule has 0 N–H and O–H groups in total. The molecule has 0 aromatic heterocycles. The first-order valence-electron chi connectivity index (χ1n) is 3.27. The van der Waals surface area contributed by atoms with Crippen molar-refractivity contribution in [2.75, 3.05) is 0 Å². The highest BCUT2D eigenvalue weighted by atomic mass is 32.1. The molecule has 0 atom stereocenters. The summed E-state index contributed by atoms with van der Waals surface area (Å²) in [6.07, 6.45) is -4.27. The third-order valence-corrected chi connectivity index (χ3v) is 1.65. The molecule has 1 aromatic rings. The van der Waals surface area contributed by atoms with Gasteiger partial charge in [0.15, 0.2) is 0 Å². The van der Waals surface area contributed by atoms with E-state index >= 15 is 0 Å². The van der Waals surface area contributed by atoms with Crippen LogP contribution >= 0.6 is 12.6 Å². The Hall–Kier alpha value is -0.640. The standard InChI is InChI=1S/C8H7F3S/c1-5-2-6(8(9,10)11)4-7(12)3-5/h2-4,12H,1H3.